The van der Waals surface area contributed by atoms with Gasteiger partial charge in [0, 0.05) is 43.8 Å². The second-order valence-electron chi connectivity index (χ2n) is 14.0. The lowest BCUT2D eigenvalue weighted by Crippen LogP contribution is -2.04. The van der Waals surface area contributed by atoms with Crippen LogP contribution in [0.4, 0.5) is 0 Å². The lowest BCUT2D eigenvalue weighted by molar-refractivity contribution is 0.671. The molecule has 5 nitrogen and oxygen atoms in total. The fourth-order valence-electron chi connectivity index (χ4n) is 8.06. The van der Waals surface area contributed by atoms with Crippen molar-refractivity contribution in [2.24, 2.45) is 0 Å². The van der Waals surface area contributed by atoms with Crippen LogP contribution in [0.5, 0.6) is 0 Å². The molecule has 0 N–H and O–H groups in total. The summed E-state index contributed by atoms with van der Waals surface area (Å²) in [7, 11) is 0. The molecule has 0 atom stereocenters. The zero-order valence-corrected chi connectivity index (χ0v) is 30.2. The minimum Gasteiger partial charge on any atom is -0.454 e. The van der Waals surface area contributed by atoms with Crippen molar-refractivity contribution in [2.75, 3.05) is 0 Å². The number of hydrogen-bond donors (Lipinski definition) is 0. The molecule has 0 aliphatic rings. The van der Waals surface area contributed by atoms with Crippen molar-refractivity contribution in [2.45, 2.75) is 0 Å². The number of furan rings is 1. The van der Waals surface area contributed by atoms with Crippen molar-refractivity contribution in [1.29, 1.82) is 0 Å². The Kier molecular flexibility index (Phi) is 7.42. The number of para-hydroxylation sites is 3. The van der Waals surface area contributed by atoms with Gasteiger partial charge in [-0.3, -0.25) is 0 Å². The highest BCUT2D eigenvalue weighted by molar-refractivity contribution is 6.23. The fourth-order valence-corrected chi connectivity index (χ4v) is 8.06. The van der Waals surface area contributed by atoms with E-state index in [2.05, 4.69) is 150 Å². The van der Waals surface area contributed by atoms with Crippen LogP contribution in [0.3, 0.4) is 0 Å². The van der Waals surface area contributed by atoms with Gasteiger partial charge < -0.3 is 8.98 Å². The van der Waals surface area contributed by atoms with Gasteiger partial charge in [0.1, 0.15) is 5.58 Å². The summed E-state index contributed by atoms with van der Waals surface area (Å²) < 4.78 is 9.15. The van der Waals surface area contributed by atoms with Gasteiger partial charge in [-0.2, -0.15) is 0 Å². The van der Waals surface area contributed by atoms with Crippen molar-refractivity contribution in [1.82, 2.24) is 19.5 Å². The van der Waals surface area contributed by atoms with E-state index in [0.717, 1.165) is 88.4 Å². The van der Waals surface area contributed by atoms with Gasteiger partial charge in [-0.05, 0) is 41.0 Å². The third kappa shape index (κ3) is 5.21. The van der Waals surface area contributed by atoms with E-state index in [0.29, 0.717) is 17.5 Å². The molecule has 3 heterocycles. The molecule has 0 bridgehead atoms. The first-order valence-corrected chi connectivity index (χ1v) is 18.8. The number of aromatic nitrogens is 4. The Morgan fingerprint density at radius 1 is 0.321 bits per heavy atom. The normalized spacial score (nSPS) is 11.6. The maximum Gasteiger partial charge on any atom is 0.166 e. The Morgan fingerprint density at radius 3 is 1.57 bits per heavy atom. The Bertz CT molecular complexity index is 3220. The van der Waals surface area contributed by atoms with Crippen LogP contribution < -0.4 is 0 Å². The van der Waals surface area contributed by atoms with Crippen LogP contribution in [-0.2, 0) is 0 Å². The van der Waals surface area contributed by atoms with E-state index in [1.54, 1.807) is 0 Å². The number of rotatable bonds is 6. The molecular formula is C51H32N4O. The average Bonchev–Trinajstić information content (AvgIpc) is 3.83. The van der Waals surface area contributed by atoms with Gasteiger partial charge in [0.2, 0.25) is 0 Å². The average molecular weight is 717 g/mol. The highest BCUT2D eigenvalue weighted by atomic mass is 16.3. The molecule has 8 aromatic carbocycles. The largest absolute Gasteiger partial charge is 0.454 e. The van der Waals surface area contributed by atoms with Crippen LogP contribution in [0.1, 0.15) is 0 Å². The smallest absolute Gasteiger partial charge is 0.166 e. The number of fused-ring (bicyclic) bond motifs is 7. The van der Waals surface area contributed by atoms with E-state index in [1.165, 1.54) is 0 Å². The molecule has 0 aliphatic carbocycles. The number of nitrogens with zero attached hydrogens (tertiary/aromatic N) is 4. The summed E-state index contributed by atoms with van der Waals surface area (Å²) in [5, 5.41) is 4.41. The summed E-state index contributed by atoms with van der Waals surface area (Å²) in [5.41, 5.74) is 12.0. The van der Waals surface area contributed by atoms with Gasteiger partial charge in [-0.15, -0.1) is 0 Å². The molecule has 56 heavy (non-hydrogen) atoms. The van der Waals surface area contributed by atoms with E-state index in [4.69, 9.17) is 19.4 Å². The number of hydrogen-bond acceptors (Lipinski definition) is 4. The van der Waals surface area contributed by atoms with Gasteiger partial charge in [0.05, 0.1) is 16.7 Å². The van der Waals surface area contributed by atoms with Crippen molar-refractivity contribution < 1.29 is 4.42 Å². The summed E-state index contributed by atoms with van der Waals surface area (Å²) in [5.74, 6) is 1.80. The van der Waals surface area contributed by atoms with Crippen molar-refractivity contribution in [3.8, 4) is 62.1 Å². The molecule has 0 aliphatic heterocycles. The molecule has 5 heteroatoms. The third-order valence-corrected chi connectivity index (χ3v) is 10.7. The summed E-state index contributed by atoms with van der Waals surface area (Å²) in [6.45, 7) is 0. The second-order valence-corrected chi connectivity index (χ2v) is 14.0. The van der Waals surface area contributed by atoms with E-state index < -0.39 is 0 Å². The Hall–Kier alpha value is -7.63. The van der Waals surface area contributed by atoms with Crippen LogP contribution in [0.15, 0.2) is 199 Å². The van der Waals surface area contributed by atoms with Gasteiger partial charge in [0.15, 0.2) is 23.1 Å². The highest BCUT2D eigenvalue weighted by Crippen LogP contribution is 2.44. The predicted molar refractivity (Wildman–Crippen MR) is 229 cm³/mol. The molecule has 0 spiro atoms. The van der Waals surface area contributed by atoms with Crippen molar-refractivity contribution in [3.05, 3.63) is 194 Å². The molecule has 262 valence electrons. The second kappa shape index (κ2) is 13.0. The predicted octanol–water partition coefficient (Wildman–Crippen LogP) is 13.2. The zero-order valence-electron chi connectivity index (χ0n) is 30.2. The zero-order chi connectivity index (χ0) is 37.0. The van der Waals surface area contributed by atoms with Crippen molar-refractivity contribution in [3.63, 3.8) is 0 Å². The quantitative estimate of drug-likeness (QED) is 0.172. The summed E-state index contributed by atoms with van der Waals surface area (Å²) in [4.78, 5) is 15.5. The summed E-state index contributed by atoms with van der Waals surface area (Å²) in [6.07, 6.45) is 0. The van der Waals surface area contributed by atoms with Crippen LogP contribution in [-0.4, -0.2) is 19.5 Å². The van der Waals surface area contributed by atoms with Crippen LogP contribution in [0.25, 0.3) is 106 Å². The molecule has 3 aromatic heterocycles. The third-order valence-electron chi connectivity index (χ3n) is 10.7. The first kappa shape index (κ1) is 31.9. The molecule has 0 fully saturated rings. The van der Waals surface area contributed by atoms with Crippen LogP contribution in [0.2, 0.25) is 0 Å². The minimum atomic E-state index is 0.584. The fraction of sp³-hybridized carbons (Fsp3) is 0. The Balaban J connectivity index is 1.20. The molecule has 0 amide bonds. The summed E-state index contributed by atoms with van der Waals surface area (Å²) >= 11 is 0. The van der Waals surface area contributed by atoms with Gasteiger partial charge in [-0.1, -0.05) is 170 Å². The van der Waals surface area contributed by atoms with Gasteiger partial charge in [0.25, 0.3) is 0 Å². The Morgan fingerprint density at radius 2 is 0.821 bits per heavy atom. The minimum absolute atomic E-state index is 0.584. The van der Waals surface area contributed by atoms with E-state index >= 15 is 0 Å². The van der Waals surface area contributed by atoms with E-state index in [-0.39, 0.29) is 0 Å². The molecule has 11 rings (SSSR count). The first-order valence-electron chi connectivity index (χ1n) is 18.8. The molecule has 0 saturated carbocycles. The molecule has 11 aromatic rings. The van der Waals surface area contributed by atoms with E-state index in [1.807, 2.05) is 48.5 Å². The molecule has 0 radical (unpaired) electrons. The number of benzene rings is 8. The molecular weight excluding hydrogens is 685 g/mol. The monoisotopic (exact) mass is 716 g/mol. The maximum atomic E-state index is 6.78. The standard InChI is InChI=1S/C51H32N4O/c1-4-15-33(16-5-1)34-27-29-37(30-28-34)50-52-49(36-19-8-3-9-20-36)53-51(54-50)43-22-10-12-25-44(43)55-46-38(35-17-6-2-7-18-35)23-14-24-40(46)41-31-32-42-39-21-11-13-26-45(39)56-48(42)47(41)55/h1-32H. The summed E-state index contributed by atoms with van der Waals surface area (Å²) in [6, 6.07) is 67.3. The first-order chi connectivity index (χ1) is 27.8. The lowest BCUT2D eigenvalue weighted by Gasteiger charge is -2.16. The lowest BCUT2D eigenvalue weighted by atomic mass is 10.0. The van der Waals surface area contributed by atoms with Crippen LogP contribution >= 0.6 is 0 Å². The van der Waals surface area contributed by atoms with Gasteiger partial charge in [-0.25, -0.2) is 15.0 Å². The molecule has 0 saturated heterocycles. The Labute approximate surface area is 322 Å². The van der Waals surface area contributed by atoms with Crippen molar-refractivity contribution >= 4 is 43.7 Å². The topological polar surface area (TPSA) is 56.7 Å². The molecule has 0 unspecified atom stereocenters. The van der Waals surface area contributed by atoms with Gasteiger partial charge >= 0.3 is 0 Å². The SMILES string of the molecule is c1ccc(-c2ccc(-c3nc(-c4ccccc4)nc(-c4ccccc4-n4c5c(-c6ccccc6)cccc5c5ccc6c7ccccc7oc6c54)n3)cc2)cc1. The van der Waals surface area contributed by atoms with E-state index in [9.17, 15) is 0 Å². The van der Waals surface area contributed by atoms with Crippen LogP contribution in [0, 0.1) is 0 Å². The highest BCUT2D eigenvalue weighted by Gasteiger charge is 2.24. The maximum absolute atomic E-state index is 6.78.